The molecule has 2 aromatic rings. The lowest BCUT2D eigenvalue weighted by atomic mass is 10.1. The first-order valence-electron chi connectivity index (χ1n) is 5.23. The number of nitrogens with two attached hydrogens (primary N) is 1. The Morgan fingerprint density at radius 1 is 1.29 bits per heavy atom. The van der Waals surface area contributed by atoms with Gasteiger partial charge >= 0.3 is 5.97 Å². The zero-order valence-electron chi connectivity index (χ0n) is 9.21. The first kappa shape index (κ1) is 11.3. The minimum absolute atomic E-state index is 0.0490. The molecule has 0 bridgehead atoms. The first-order valence-corrected chi connectivity index (χ1v) is 5.23. The van der Waals surface area contributed by atoms with Crippen LogP contribution in [-0.2, 0) is 13.1 Å². The highest BCUT2D eigenvalue weighted by Crippen LogP contribution is 2.08. The van der Waals surface area contributed by atoms with Crippen LogP contribution >= 0.6 is 0 Å². The highest BCUT2D eigenvalue weighted by Gasteiger charge is 2.10. The van der Waals surface area contributed by atoms with Crippen LogP contribution < -0.4 is 5.73 Å². The standard InChI is InChI=1S/C12H13N3O2/c13-7-9-1-3-10(4-2-9)8-15-6-5-14-11(15)12(16)17/h1-6H,7-8,13H2,(H,16,17). The minimum atomic E-state index is -1.02. The van der Waals surface area contributed by atoms with Gasteiger partial charge in [-0.3, -0.25) is 0 Å². The highest BCUT2D eigenvalue weighted by atomic mass is 16.4. The van der Waals surface area contributed by atoms with Gasteiger partial charge < -0.3 is 15.4 Å². The Hall–Kier alpha value is -2.14. The summed E-state index contributed by atoms with van der Waals surface area (Å²) in [6.45, 7) is 0.998. The maximum Gasteiger partial charge on any atom is 0.372 e. The first-order chi connectivity index (χ1) is 8.20. The lowest BCUT2D eigenvalue weighted by Crippen LogP contribution is -2.10. The molecule has 88 valence electrons. The zero-order valence-corrected chi connectivity index (χ0v) is 9.21. The molecule has 2 rings (SSSR count). The molecule has 0 amide bonds. The van der Waals surface area contributed by atoms with Crippen LogP contribution in [0.5, 0.6) is 0 Å². The summed E-state index contributed by atoms with van der Waals surface area (Å²) < 4.78 is 1.60. The number of imidazole rings is 1. The van der Waals surface area contributed by atoms with E-state index in [1.807, 2.05) is 24.3 Å². The second kappa shape index (κ2) is 4.80. The van der Waals surface area contributed by atoms with E-state index in [0.717, 1.165) is 11.1 Å². The van der Waals surface area contributed by atoms with Crippen LogP contribution in [0.3, 0.4) is 0 Å². The predicted molar refractivity (Wildman–Crippen MR) is 62.6 cm³/mol. The predicted octanol–water partition coefficient (Wildman–Crippen LogP) is 1.09. The summed E-state index contributed by atoms with van der Waals surface area (Å²) in [5, 5.41) is 8.91. The van der Waals surface area contributed by atoms with Gasteiger partial charge in [-0.2, -0.15) is 0 Å². The molecule has 1 aromatic carbocycles. The molecule has 5 nitrogen and oxygen atoms in total. The van der Waals surface area contributed by atoms with Gasteiger partial charge in [-0.15, -0.1) is 0 Å². The molecule has 0 spiro atoms. The summed E-state index contributed by atoms with van der Waals surface area (Å²) in [6, 6.07) is 7.75. The summed E-state index contributed by atoms with van der Waals surface area (Å²) in [5.74, 6) is -0.971. The molecule has 17 heavy (non-hydrogen) atoms. The number of carbonyl (C=O) groups is 1. The van der Waals surface area contributed by atoms with E-state index in [9.17, 15) is 4.79 Å². The van der Waals surface area contributed by atoms with Crippen molar-refractivity contribution < 1.29 is 9.90 Å². The molecule has 0 aliphatic heterocycles. The molecule has 0 atom stereocenters. The number of carboxylic acid groups (broad SMARTS) is 1. The molecule has 0 fully saturated rings. The Morgan fingerprint density at radius 2 is 1.94 bits per heavy atom. The molecule has 0 saturated heterocycles. The number of hydrogen-bond acceptors (Lipinski definition) is 3. The zero-order chi connectivity index (χ0) is 12.3. The van der Waals surface area contributed by atoms with Crippen molar-refractivity contribution in [2.75, 3.05) is 0 Å². The maximum absolute atomic E-state index is 10.9. The fourth-order valence-corrected chi connectivity index (χ4v) is 1.61. The van der Waals surface area contributed by atoms with E-state index in [1.165, 1.54) is 6.20 Å². The van der Waals surface area contributed by atoms with Gasteiger partial charge in [-0.05, 0) is 11.1 Å². The van der Waals surface area contributed by atoms with E-state index >= 15 is 0 Å². The van der Waals surface area contributed by atoms with Crippen LogP contribution in [0.4, 0.5) is 0 Å². The summed E-state index contributed by atoms with van der Waals surface area (Å²) in [5.41, 5.74) is 7.58. The van der Waals surface area contributed by atoms with Gasteiger partial charge in [0.1, 0.15) is 0 Å². The fourth-order valence-electron chi connectivity index (χ4n) is 1.61. The van der Waals surface area contributed by atoms with Gasteiger partial charge in [-0.1, -0.05) is 24.3 Å². The molecule has 0 saturated carbocycles. The van der Waals surface area contributed by atoms with Crippen LogP contribution in [0.15, 0.2) is 36.7 Å². The molecular formula is C12H13N3O2. The molecule has 1 aromatic heterocycles. The topological polar surface area (TPSA) is 81.1 Å². The molecular weight excluding hydrogens is 218 g/mol. The van der Waals surface area contributed by atoms with E-state index in [2.05, 4.69) is 4.98 Å². The molecule has 0 unspecified atom stereocenters. The van der Waals surface area contributed by atoms with Crippen LogP contribution in [0.1, 0.15) is 21.7 Å². The van der Waals surface area contributed by atoms with Crippen molar-refractivity contribution >= 4 is 5.97 Å². The summed E-state index contributed by atoms with van der Waals surface area (Å²) >= 11 is 0. The number of aromatic carboxylic acids is 1. The van der Waals surface area contributed by atoms with E-state index in [1.54, 1.807) is 10.8 Å². The number of rotatable bonds is 4. The molecule has 0 aliphatic rings. The van der Waals surface area contributed by atoms with Crippen LogP contribution in [-0.4, -0.2) is 20.6 Å². The number of nitrogens with zero attached hydrogens (tertiary/aromatic N) is 2. The van der Waals surface area contributed by atoms with Crippen LogP contribution in [0.2, 0.25) is 0 Å². The minimum Gasteiger partial charge on any atom is -0.475 e. The molecule has 0 aliphatic carbocycles. The molecule has 1 heterocycles. The quantitative estimate of drug-likeness (QED) is 0.825. The van der Waals surface area contributed by atoms with E-state index in [4.69, 9.17) is 10.8 Å². The average molecular weight is 231 g/mol. The normalized spacial score (nSPS) is 10.4. The number of aromatic nitrogens is 2. The second-order valence-electron chi connectivity index (χ2n) is 3.70. The third kappa shape index (κ3) is 2.51. The van der Waals surface area contributed by atoms with E-state index in [0.29, 0.717) is 13.1 Å². The van der Waals surface area contributed by atoms with Gasteiger partial charge in [0.25, 0.3) is 0 Å². The summed E-state index contributed by atoms with van der Waals surface area (Å²) in [6.07, 6.45) is 3.14. The fraction of sp³-hybridized carbons (Fsp3) is 0.167. The van der Waals surface area contributed by atoms with Crippen molar-refractivity contribution in [2.24, 2.45) is 5.73 Å². The maximum atomic E-state index is 10.9. The Bertz CT molecular complexity index is 517. The Morgan fingerprint density at radius 3 is 2.53 bits per heavy atom. The van der Waals surface area contributed by atoms with Crippen molar-refractivity contribution in [1.82, 2.24) is 9.55 Å². The third-order valence-electron chi connectivity index (χ3n) is 2.52. The molecule has 0 radical (unpaired) electrons. The largest absolute Gasteiger partial charge is 0.475 e. The van der Waals surface area contributed by atoms with Gasteiger partial charge in [0.2, 0.25) is 5.82 Å². The number of benzene rings is 1. The van der Waals surface area contributed by atoms with Crippen molar-refractivity contribution in [3.8, 4) is 0 Å². The Balaban J connectivity index is 2.19. The SMILES string of the molecule is NCc1ccc(Cn2ccnc2C(=O)O)cc1. The van der Waals surface area contributed by atoms with Crippen LogP contribution in [0, 0.1) is 0 Å². The number of hydrogen-bond donors (Lipinski definition) is 2. The summed E-state index contributed by atoms with van der Waals surface area (Å²) in [4.78, 5) is 14.7. The van der Waals surface area contributed by atoms with Crippen molar-refractivity contribution in [1.29, 1.82) is 0 Å². The van der Waals surface area contributed by atoms with Crippen molar-refractivity contribution in [3.05, 3.63) is 53.6 Å². The monoisotopic (exact) mass is 231 g/mol. The molecule has 3 N–H and O–H groups in total. The van der Waals surface area contributed by atoms with Crippen molar-refractivity contribution in [3.63, 3.8) is 0 Å². The van der Waals surface area contributed by atoms with Crippen LogP contribution in [0.25, 0.3) is 0 Å². The number of carboxylic acids is 1. The van der Waals surface area contributed by atoms with Gasteiger partial charge in [0.15, 0.2) is 0 Å². The van der Waals surface area contributed by atoms with Gasteiger partial charge in [-0.25, -0.2) is 9.78 Å². The third-order valence-corrected chi connectivity index (χ3v) is 2.52. The van der Waals surface area contributed by atoms with E-state index in [-0.39, 0.29) is 5.82 Å². The van der Waals surface area contributed by atoms with E-state index < -0.39 is 5.97 Å². The Labute approximate surface area is 98.5 Å². The average Bonchev–Trinajstić information content (AvgIpc) is 2.78. The van der Waals surface area contributed by atoms with Crippen molar-refractivity contribution in [2.45, 2.75) is 13.1 Å². The summed E-state index contributed by atoms with van der Waals surface area (Å²) in [7, 11) is 0. The Kier molecular flexibility index (Phi) is 3.20. The molecule has 5 heteroatoms. The van der Waals surface area contributed by atoms with Gasteiger partial charge in [0, 0.05) is 25.5 Å². The lowest BCUT2D eigenvalue weighted by Gasteiger charge is -2.06. The second-order valence-corrected chi connectivity index (χ2v) is 3.70. The lowest BCUT2D eigenvalue weighted by molar-refractivity contribution is 0.0679. The highest BCUT2D eigenvalue weighted by molar-refractivity contribution is 5.83. The smallest absolute Gasteiger partial charge is 0.372 e. The van der Waals surface area contributed by atoms with Gasteiger partial charge in [0.05, 0.1) is 0 Å².